The zero-order valence-electron chi connectivity index (χ0n) is 17.2. The number of urea groups is 1. The number of nitrogens with zero attached hydrogens (tertiary/aromatic N) is 4. The van der Waals surface area contributed by atoms with E-state index in [0.717, 1.165) is 28.3 Å². The molecule has 3 aromatic heterocycles. The quantitative estimate of drug-likeness (QED) is 0.433. The van der Waals surface area contributed by atoms with Gasteiger partial charge in [-0.05, 0) is 36.7 Å². The van der Waals surface area contributed by atoms with Gasteiger partial charge in [-0.2, -0.15) is 0 Å². The van der Waals surface area contributed by atoms with Crippen LogP contribution in [-0.2, 0) is 6.54 Å². The minimum Gasteiger partial charge on any atom is -0.361 e. The van der Waals surface area contributed by atoms with E-state index in [2.05, 4.69) is 26.0 Å². The summed E-state index contributed by atoms with van der Waals surface area (Å²) in [6.07, 6.45) is 0.585. The number of hydrogen-bond acceptors (Lipinski definition) is 6. The molecule has 0 unspecified atom stereocenters. The van der Waals surface area contributed by atoms with E-state index in [-0.39, 0.29) is 17.1 Å². The lowest BCUT2D eigenvalue weighted by Gasteiger charge is -2.06. The van der Waals surface area contributed by atoms with Gasteiger partial charge in [0.2, 0.25) is 11.8 Å². The summed E-state index contributed by atoms with van der Waals surface area (Å²) in [6, 6.07) is 8.52. The molecule has 0 bridgehead atoms. The van der Waals surface area contributed by atoms with E-state index in [1.807, 2.05) is 26.0 Å². The Hall–Kier alpha value is -4.15. The molecule has 0 spiro atoms. The molecule has 4 aromatic rings. The highest BCUT2D eigenvalue weighted by Crippen LogP contribution is 2.26. The van der Waals surface area contributed by atoms with Crippen molar-refractivity contribution in [2.75, 3.05) is 10.6 Å². The molecular formula is C21H19F2N6O3+. The largest absolute Gasteiger partial charge is 0.361 e. The molecule has 1 aromatic carbocycles. The van der Waals surface area contributed by atoms with Gasteiger partial charge in [-0.1, -0.05) is 23.4 Å². The van der Waals surface area contributed by atoms with E-state index >= 15 is 0 Å². The number of carbonyl (C=O) groups is 1. The highest BCUT2D eigenvalue weighted by Gasteiger charge is 2.17. The molecule has 0 aliphatic heterocycles. The van der Waals surface area contributed by atoms with Crippen molar-refractivity contribution in [3.05, 3.63) is 71.5 Å². The summed E-state index contributed by atoms with van der Waals surface area (Å²) in [5, 5.41) is 12.7. The zero-order valence-corrected chi connectivity index (χ0v) is 17.2. The number of carbonyl (C=O) groups excluding carboxylic acids is 1. The van der Waals surface area contributed by atoms with Gasteiger partial charge >= 0.3 is 11.9 Å². The fraction of sp³-hybridized carbons (Fsp3) is 0.190. The Bertz CT molecular complexity index is 1220. The number of hydrogen-bond donors (Lipinski definition) is 2. The minimum atomic E-state index is -2.62. The lowest BCUT2D eigenvalue weighted by atomic mass is 10.1. The molecule has 0 fully saturated rings. The van der Waals surface area contributed by atoms with Gasteiger partial charge in [-0.3, -0.25) is 14.8 Å². The second-order valence-electron chi connectivity index (χ2n) is 7.01. The van der Waals surface area contributed by atoms with Gasteiger partial charge in [0.05, 0.1) is 5.69 Å². The summed E-state index contributed by atoms with van der Waals surface area (Å²) < 4.78 is 37.3. The monoisotopic (exact) mass is 441 g/mol. The molecule has 0 saturated carbocycles. The summed E-state index contributed by atoms with van der Waals surface area (Å²) in [6.45, 7) is 4.02. The first-order valence-corrected chi connectivity index (χ1v) is 9.60. The lowest BCUT2D eigenvalue weighted by Crippen LogP contribution is -2.35. The number of amides is 2. The van der Waals surface area contributed by atoms with E-state index in [0.29, 0.717) is 6.54 Å². The fourth-order valence-electron chi connectivity index (χ4n) is 3.16. The Morgan fingerprint density at radius 1 is 1.16 bits per heavy atom. The number of nitrogens with one attached hydrogen (secondary N) is 2. The molecule has 4 rings (SSSR count). The van der Waals surface area contributed by atoms with Crippen molar-refractivity contribution in [3.8, 4) is 11.1 Å². The van der Waals surface area contributed by atoms with Crippen LogP contribution in [0.2, 0.25) is 0 Å². The zero-order chi connectivity index (χ0) is 22.7. The summed E-state index contributed by atoms with van der Waals surface area (Å²) in [5.74, 6) is 0.803. The van der Waals surface area contributed by atoms with Gasteiger partial charge in [0.15, 0.2) is 0 Å². The fourth-order valence-corrected chi connectivity index (χ4v) is 3.16. The van der Waals surface area contributed by atoms with Crippen LogP contribution in [0.15, 0.2) is 57.8 Å². The number of rotatable bonds is 6. The van der Waals surface area contributed by atoms with Crippen molar-refractivity contribution in [2.24, 2.45) is 0 Å². The van der Waals surface area contributed by atoms with Crippen LogP contribution in [0.4, 0.5) is 25.1 Å². The van der Waals surface area contributed by atoms with Crippen molar-refractivity contribution < 1.29 is 27.3 Å². The Morgan fingerprint density at radius 2 is 2.00 bits per heavy atom. The smallest absolute Gasteiger partial charge is 0.326 e. The third kappa shape index (κ3) is 4.77. The van der Waals surface area contributed by atoms with Crippen LogP contribution < -0.4 is 15.3 Å². The van der Waals surface area contributed by atoms with E-state index in [1.54, 1.807) is 6.20 Å². The van der Waals surface area contributed by atoms with Crippen LogP contribution >= 0.6 is 0 Å². The van der Waals surface area contributed by atoms with Gasteiger partial charge < -0.3 is 9.84 Å². The molecule has 9 nitrogen and oxygen atoms in total. The lowest BCUT2D eigenvalue weighted by molar-refractivity contribution is -0.755. The van der Waals surface area contributed by atoms with Gasteiger partial charge in [0, 0.05) is 28.6 Å². The summed E-state index contributed by atoms with van der Waals surface area (Å²) >= 11 is 0. The second-order valence-corrected chi connectivity index (χ2v) is 7.01. The molecule has 0 aliphatic rings. The molecule has 164 valence electrons. The Labute approximate surface area is 181 Å². The molecule has 0 atom stereocenters. The van der Waals surface area contributed by atoms with Crippen molar-refractivity contribution in [3.63, 3.8) is 0 Å². The van der Waals surface area contributed by atoms with Gasteiger partial charge in [0.25, 0.3) is 12.6 Å². The van der Waals surface area contributed by atoms with Crippen LogP contribution in [0.5, 0.6) is 0 Å². The predicted molar refractivity (Wildman–Crippen MR) is 109 cm³/mol. The topological polar surface area (TPSA) is 110 Å². The van der Waals surface area contributed by atoms with Crippen LogP contribution in [0.1, 0.15) is 29.1 Å². The van der Waals surface area contributed by atoms with E-state index < -0.39 is 12.5 Å². The van der Waals surface area contributed by atoms with Crippen LogP contribution in [0.25, 0.3) is 11.1 Å². The molecule has 2 N–H and O–H groups in total. The minimum absolute atomic E-state index is 0.0832. The average molecular weight is 441 g/mol. The first kappa shape index (κ1) is 21.1. The normalized spacial score (nSPS) is 11.0. The Balaban J connectivity index is 1.37. The molecular weight excluding hydrogens is 422 g/mol. The third-order valence-corrected chi connectivity index (χ3v) is 4.61. The first-order valence-electron chi connectivity index (χ1n) is 9.60. The van der Waals surface area contributed by atoms with Gasteiger partial charge in [-0.25, -0.2) is 13.6 Å². The van der Waals surface area contributed by atoms with Crippen molar-refractivity contribution in [1.29, 1.82) is 0 Å². The van der Waals surface area contributed by atoms with E-state index in [9.17, 15) is 13.6 Å². The molecule has 11 heteroatoms. The number of alkyl halides is 2. The SMILES string of the molecule is Cc1noc(C)c1-c1ccc(C[n+]2cc(NC(=O)Nc3cccc(C(F)F)c3)on2)nc1. The summed E-state index contributed by atoms with van der Waals surface area (Å²) in [5.41, 5.74) is 3.36. The van der Waals surface area contributed by atoms with Crippen LogP contribution in [0, 0.1) is 13.8 Å². The number of pyridine rings is 1. The highest BCUT2D eigenvalue weighted by molar-refractivity contribution is 5.98. The van der Waals surface area contributed by atoms with E-state index in [4.69, 9.17) is 9.05 Å². The van der Waals surface area contributed by atoms with Crippen molar-refractivity contribution >= 4 is 17.6 Å². The van der Waals surface area contributed by atoms with Gasteiger partial charge in [0.1, 0.15) is 11.5 Å². The average Bonchev–Trinajstić information content (AvgIpc) is 3.34. The van der Waals surface area contributed by atoms with Gasteiger partial charge in [-0.15, -0.1) is 0 Å². The van der Waals surface area contributed by atoms with Crippen LogP contribution in [0.3, 0.4) is 0 Å². The molecule has 0 aliphatic carbocycles. The maximum absolute atomic E-state index is 12.8. The third-order valence-electron chi connectivity index (χ3n) is 4.61. The number of aryl methyl sites for hydroxylation is 2. The van der Waals surface area contributed by atoms with E-state index in [1.165, 1.54) is 35.1 Å². The molecule has 3 heterocycles. The van der Waals surface area contributed by atoms with Crippen molar-refractivity contribution in [2.45, 2.75) is 26.8 Å². The first-order chi connectivity index (χ1) is 15.4. The number of halogens is 2. The Kier molecular flexibility index (Phi) is 5.88. The highest BCUT2D eigenvalue weighted by atomic mass is 19.3. The second kappa shape index (κ2) is 8.92. The van der Waals surface area contributed by atoms with Crippen molar-refractivity contribution in [1.82, 2.24) is 15.4 Å². The summed E-state index contributed by atoms with van der Waals surface area (Å²) in [7, 11) is 0. The maximum atomic E-state index is 12.8. The standard InChI is InChI=1S/C21H18F2N6O3/c1-12-19(13(2)31-27-12)15-6-7-17(24-9-15)10-29-11-18(32-28-29)26-21(30)25-16-5-3-4-14(8-16)20(22)23/h3-9,11,20H,10H2,1-2H3,(H-,25,26,28,30)/p+1. The maximum Gasteiger partial charge on any atom is 0.326 e. The molecule has 0 radical (unpaired) electrons. The number of benzene rings is 1. The van der Waals surface area contributed by atoms with Crippen LogP contribution in [-0.4, -0.2) is 21.4 Å². The number of aromatic nitrogens is 4. The molecule has 2 amide bonds. The molecule has 0 saturated heterocycles. The molecule has 32 heavy (non-hydrogen) atoms. The predicted octanol–water partition coefficient (Wildman–Crippen LogP) is 4.26. The number of anilines is 2. The summed E-state index contributed by atoms with van der Waals surface area (Å²) in [4.78, 5) is 16.5. The Morgan fingerprint density at radius 3 is 2.69 bits per heavy atom.